The van der Waals surface area contributed by atoms with Gasteiger partial charge < -0.3 is 9.64 Å². The van der Waals surface area contributed by atoms with E-state index in [1.807, 2.05) is 0 Å². The molecule has 2 heteroatoms. The standard InChI is InChI=1S/C17H29NO/c1-7-18(8-2)11-12-19-16-13-14(3)9-10-15(16)17(4,5)6/h9-10,13H,7-8,11-12H2,1-6H3. The maximum Gasteiger partial charge on any atom is 0.123 e. The molecule has 2 nitrogen and oxygen atoms in total. The fourth-order valence-corrected chi connectivity index (χ4v) is 2.19. The second-order valence-corrected chi connectivity index (χ2v) is 6.12. The third kappa shape index (κ3) is 4.87. The lowest BCUT2D eigenvalue weighted by atomic mass is 9.86. The lowest BCUT2D eigenvalue weighted by Crippen LogP contribution is -2.28. The first kappa shape index (κ1) is 16.0. The van der Waals surface area contributed by atoms with E-state index in [-0.39, 0.29) is 5.41 Å². The molecule has 0 bridgehead atoms. The van der Waals surface area contributed by atoms with Gasteiger partial charge in [0.15, 0.2) is 0 Å². The smallest absolute Gasteiger partial charge is 0.123 e. The molecule has 0 aliphatic heterocycles. The lowest BCUT2D eigenvalue weighted by molar-refractivity contribution is 0.220. The number of aryl methyl sites for hydroxylation is 1. The Morgan fingerprint density at radius 1 is 1.11 bits per heavy atom. The summed E-state index contributed by atoms with van der Waals surface area (Å²) in [7, 11) is 0. The van der Waals surface area contributed by atoms with Gasteiger partial charge in [-0.25, -0.2) is 0 Å². The van der Waals surface area contributed by atoms with Gasteiger partial charge in [0.1, 0.15) is 12.4 Å². The fraction of sp³-hybridized carbons (Fsp3) is 0.647. The minimum absolute atomic E-state index is 0.123. The Morgan fingerprint density at radius 2 is 1.74 bits per heavy atom. The number of hydrogen-bond donors (Lipinski definition) is 0. The van der Waals surface area contributed by atoms with Gasteiger partial charge in [-0.05, 0) is 42.6 Å². The minimum Gasteiger partial charge on any atom is -0.492 e. The molecule has 108 valence electrons. The fourth-order valence-electron chi connectivity index (χ4n) is 2.19. The van der Waals surface area contributed by atoms with Crippen LogP contribution in [0.4, 0.5) is 0 Å². The molecule has 0 aromatic heterocycles. The van der Waals surface area contributed by atoms with E-state index < -0.39 is 0 Å². The molecule has 0 aliphatic rings. The van der Waals surface area contributed by atoms with E-state index >= 15 is 0 Å². The molecule has 0 saturated heterocycles. The molecule has 0 saturated carbocycles. The van der Waals surface area contributed by atoms with Gasteiger partial charge in [0.25, 0.3) is 0 Å². The Hall–Kier alpha value is -1.02. The second-order valence-electron chi connectivity index (χ2n) is 6.12. The highest BCUT2D eigenvalue weighted by Crippen LogP contribution is 2.31. The van der Waals surface area contributed by atoms with Crippen LogP contribution < -0.4 is 4.74 Å². The first-order valence-corrected chi connectivity index (χ1v) is 7.34. The van der Waals surface area contributed by atoms with Crippen LogP contribution in [0.3, 0.4) is 0 Å². The highest BCUT2D eigenvalue weighted by atomic mass is 16.5. The predicted molar refractivity (Wildman–Crippen MR) is 83.2 cm³/mol. The number of rotatable bonds is 6. The van der Waals surface area contributed by atoms with Crippen molar-refractivity contribution in [2.75, 3.05) is 26.2 Å². The molecule has 19 heavy (non-hydrogen) atoms. The molecule has 0 heterocycles. The van der Waals surface area contributed by atoms with E-state index in [1.54, 1.807) is 0 Å². The van der Waals surface area contributed by atoms with Gasteiger partial charge in [0.2, 0.25) is 0 Å². The predicted octanol–water partition coefficient (Wildman–Crippen LogP) is 4.01. The van der Waals surface area contributed by atoms with Gasteiger partial charge in [-0.3, -0.25) is 0 Å². The summed E-state index contributed by atoms with van der Waals surface area (Å²) >= 11 is 0. The van der Waals surface area contributed by atoms with Gasteiger partial charge in [-0.1, -0.05) is 46.8 Å². The zero-order valence-electron chi connectivity index (χ0n) is 13.4. The minimum atomic E-state index is 0.123. The molecule has 1 aromatic rings. The number of likely N-dealkylation sites (N-methyl/N-ethyl adjacent to an activating group) is 1. The molecule has 0 fully saturated rings. The van der Waals surface area contributed by atoms with E-state index in [4.69, 9.17) is 4.74 Å². The van der Waals surface area contributed by atoms with Crippen LogP contribution in [-0.4, -0.2) is 31.1 Å². The van der Waals surface area contributed by atoms with Gasteiger partial charge in [0, 0.05) is 6.54 Å². The summed E-state index contributed by atoms with van der Waals surface area (Å²) in [6.07, 6.45) is 0. The Balaban J connectivity index is 2.74. The lowest BCUT2D eigenvalue weighted by Gasteiger charge is -2.24. The van der Waals surface area contributed by atoms with Gasteiger partial charge in [0.05, 0.1) is 0 Å². The molecule has 0 N–H and O–H groups in total. The van der Waals surface area contributed by atoms with Crippen molar-refractivity contribution in [2.24, 2.45) is 0 Å². The Labute approximate surface area is 118 Å². The maximum absolute atomic E-state index is 6.04. The second kappa shape index (κ2) is 6.95. The van der Waals surface area contributed by atoms with Gasteiger partial charge in [-0.2, -0.15) is 0 Å². The summed E-state index contributed by atoms with van der Waals surface area (Å²) in [5.74, 6) is 1.04. The summed E-state index contributed by atoms with van der Waals surface area (Å²) in [5.41, 5.74) is 2.67. The van der Waals surface area contributed by atoms with Crippen LogP contribution in [0.5, 0.6) is 5.75 Å². The van der Waals surface area contributed by atoms with Crippen LogP contribution in [0.2, 0.25) is 0 Å². The SMILES string of the molecule is CCN(CC)CCOc1cc(C)ccc1C(C)(C)C. The molecule has 1 aromatic carbocycles. The van der Waals surface area contributed by atoms with Crippen LogP contribution in [0.1, 0.15) is 45.7 Å². The van der Waals surface area contributed by atoms with E-state index in [2.05, 4.69) is 64.6 Å². The molecule has 0 spiro atoms. The van der Waals surface area contributed by atoms with E-state index in [1.165, 1.54) is 11.1 Å². The van der Waals surface area contributed by atoms with Crippen molar-refractivity contribution in [3.8, 4) is 5.75 Å². The van der Waals surface area contributed by atoms with Crippen molar-refractivity contribution in [2.45, 2.75) is 47.0 Å². The van der Waals surface area contributed by atoms with Crippen molar-refractivity contribution in [1.82, 2.24) is 4.90 Å². The van der Waals surface area contributed by atoms with Crippen molar-refractivity contribution in [3.05, 3.63) is 29.3 Å². The first-order valence-electron chi connectivity index (χ1n) is 7.34. The highest BCUT2D eigenvalue weighted by molar-refractivity contribution is 5.41. The molecule has 0 radical (unpaired) electrons. The Kier molecular flexibility index (Phi) is 5.86. The van der Waals surface area contributed by atoms with Crippen LogP contribution in [0.25, 0.3) is 0 Å². The molecule has 1 rings (SSSR count). The van der Waals surface area contributed by atoms with E-state index in [0.717, 1.165) is 32.0 Å². The summed E-state index contributed by atoms with van der Waals surface area (Å²) in [6.45, 7) is 17.1. The quantitative estimate of drug-likeness (QED) is 0.769. The molecule has 0 unspecified atom stereocenters. The highest BCUT2D eigenvalue weighted by Gasteiger charge is 2.18. The number of ether oxygens (including phenoxy) is 1. The normalized spacial score (nSPS) is 11.9. The molecule has 0 amide bonds. The Morgan fingerprint density at radius 3 is 2.26 bits per heavy atom. The van der Waals surface area contributed by atoms with Crippen molar-refractivity contribution < 1.29 is 4.74 Å². The maximum atomic E-state index is 6.04. The average Bonchev–Trinajstić information content (AvgIpc) is 2.33. The van der Waals surface area contributed by atoms with Crippen molar-refractivity contribution >= 4 is 0 Å². The zero-order chi connectivity index (χ0) is 14.5. The van der Waals surface area contributed by atoms with E-state index in [0.29, 0.717) is 0 Å². The van der Waals surface area contributed by atoms with Crippen molar-refractivity contribution in [1.29, 1.82) is 0 Å². The molecule has 0 atom stereocenters. The van der Waals surface area contributed by atoms with Crippen molar-refractivity contribution in [3.63, 3.8) is 0 Å². The van der Waals surface area contributed by atoms with Crippen LogP contribution >= 0.6 is 0 Å². The summed E-state index contributed by atoms with van der Waals surface area (Å²) in [4.78, 5) is 2.38. The summed E-state index contributed by atoms with van der Waals surface area (Å²) < 4.78 is 6.04. The van der Waals surface area contributed by atoms with Crippen LogP contribution in [0, 0.1) is 6.92 Å². The monoisotopic (exact) mass is 263 g/mol. The van der Waals surface area contributed by atoms with Crippen LogP contribution in [0.15, 0.2) is 18.2 Å². The van der Waals surface area contributed by atoms with Crippen LogP contribution in [-0.2, 0) is 5.41 Å². The average molecular weight is 263 g/mol. The zero-order valence-corrected chi connectivity index (χ0v) is 13.4. The molecular formula is C17H29NO. The summed E-state index contributed by atoms with van der Waals surface area (Å²) in [6, 6.07) is 6.52. The Bertz CT molecular complexity index is 389. The molecular weight excluding hydrogens is 234 g/mol. The number of nitrogens with zero attached hydrogens (tertiary/aromatic N) is 1. The first-order chi connectivity index (χ1) is 8.88. The number of hydrogen-bond acceptors (Lipinski definition) is 2. The third-order valence-electron chi connectivity index (χ3n) is 3.50. The van der Waals surface area contributed by atoms with Gasteiger partial charge in [-0.15, -0.1) is 0 Å². The largest absolute Gasteiger partial charge is 0.492 e. The van der Waals surface area contributed by atoms with E-state index in [9.17, 15) is 0 Å². The topological polar surface area (TPSA) is 12.5 Å². The number of benzene rings is 1. The summed E-state index contributed by atoms with van der Waals surface area (Å²) in [5, 5.41) is 0. The molecule has 0 aliphatic carbocycles. The van der Waals surface area contributed by atoms with Gasteiger partial charge >= 0.3 is 0 Å². The third-order valence-corrected chi connectivity index (χ3v) is 3.50.